The van der Waals surface area contributed by atoms with E-state index in [2.05, 4.69) is 121 Å². The number of unbranched alkanes of at least 4 members (excludes halogenated alkanes) is 6. The van der Waals surface area contributed by atoms with Crippen LogP contribution in [-0.4, -0.2) is 52.9 Å². The number of hydrogen-bond acceptors (Lipinski definition) is 6. The highest BCUT2D eigenvalue weighted by atomic mass is 19.1. The molecule has 358 valence electrons. The van der Waals surface area contributed by atoms with Gasteiger partial charge in [-0.15, -0.1) is 0 Å². The minimum atomic E-state index is -0.262. The Morgan fingerprint density at radius 1 is 0.397 bits per heavy atom. The first-order chi connectivity index (χ1) is 33.3. The maximum Gasteiger partial charge on any atom is 0.123 e. The topological polar surface area (TPSA) is 43.4 Å². The van der Waals surface area contributed by atoms with Crippen molar-refractivity contribution < 1.29 is 27.7 Å². The summed E-state index contributed by atoms with van der Waals surface area (Å²) in [6.45, 7) is 11.1. The molecule has 6 aromatic carbocycles. The molecular formula is C60H70F2N2O4. The SMILES string of the molecule is CCC1(COCCCCCCc2ccc(N(c3ccc(F)cc3)c3ccc(-c4ccc(N(c5ccc(F)cc5)c5ccc(CCCCCCOCC6(CC)COC6)cc5)cc4)cc3)cc2)COC1. The van der Waals surface area contributed by atoms with Crippen LogP contribution in [0.3, 0.4) is 0 Å². The van der Waals surface area contributed by atoms with Crippen molar-refractivity contribution in [3.63, 3.8) is 0 Å². The molecule has 8 heteroatoms. The van der Waals surface area contributed by atoms with Crippen LogP contribution in [0.25, 0.3) is 11.1 Å². The molecule has 2 aliphatic rings. The van der Waals surface area contributed by atoms with Crippen molar-refractivity contribution in [3.05, 3.63) is 168 Å². The Morgan fingerprint density at radius 2 is 0.691 bits per heavy atom. The number of rotatable bonds is 27. The summed E-state index contributed by atoms with van der Waals surface area (Å²) in [5.41, 5.74) is 11.1. The number of anilines is 6. The average Bonchev–Trinajstić information content (AvgIpc) is 3.35. The molecule has 0 bridgehead atoms. The predicted molar refractivity (Wildman–Crippen MR) is 274 cm³/mol. The molecule has 0 aromatic heterocycles. The minimum Gasteiger partial charge on any atom is -0.381 e. The van der Waals surface area contributed by atoms with Crippen molar-refractivity contribution in [2.45, 2.75) is 90.9 Å². The van der Waals surface area contributed by atoms with Gasteiger partial charge >= 0.3 is 0 Å². The third-order valence-electron chi connectivity index (χ3n) is 14.1. The van der Waals surface area contributed by atoms with Crippen LogP contribution < -0.4 is 9.80 Å². The van der Waals surface area contributed by atoms with Crippen LogP contribution in [0, 0.1) is 22.5 Å². The molecule has 2 heterocycles. The highest BCUT2D eigenvalue weighted by molar-refractivity contribution is 5.80. The van der Waals surface area contributed by atoms with Crippen LogP contribution in [0.4, 0.5) is 42.9 Å². The van der Waals surface area contributed by atoms with E-state index in [-0.39, 0.29) is 22.5 Å². The first kappa shape index (κ1) is 49.1. The summed E-state index contributed by atoms with van der Waals surface area (Å²) in [4.78, 5) is 4.35. The summed E-state index contributed by atoms with van der Waals surface area (Å²) >= 11 is 0. The Labute approximate surface area is 404 Å². The van der Waals surface area contributed by atoms with Crippen molar-refractivity contribution in [1.82, 2.24) is 0 Å². The Bertz CT molecular complexity index is 2220. The van der Waals surface area contributed by atoms with Gasteiger partial charge in [0.05, 0.1) is 39.6 Å². The first-order valence-electron chi connectivity index (χ1n) is 25.2. The Kier molecular flexibility index (Phi) is 17.5. The van der Waals surface area contributed by atoms with Gasteiger partial charge in [-0.05, 0) is 171 Å². The summed E-state index contributed by atoms with van der Waals surface area (Å²) in [7, 11) is 0. The molecule has 0 aliphatic carbocycles. The van der Waals surface area contributed by atoms with Crippen molar-refractivity contribution in [1.29, 1.82) is 0 Å². The molecule has 0 N–H and O–H groups in total. The number of halogens is 2. The van der Waals surface area contributed by atoms with Gasteiger partial charge in [-0.1, -0.05) is 88.1 Å². The van der Waals surface area contributed by atoms with Gasteiger partial charge in [0.2, 0.25) is 0 Å². The summed E-state index contributed by atoms with van der Waals surface area (Å²) in [5, 5.41) is 0. The second-order valence-corrected chi connectivity index (χ2v) is 19.2. The summed E-state index contributed by atoms with van der Waals surface area (Å²) in [6, 6.07) is 48.0. The summed E-state index contributed by atoms with van der Waals surface area (Å²) in [5.74, 6) is -0.525. The highest BCUT2D eigenvalue weighted by Gasteiger charge is 2.37. The maximum atomic E-state index is 14.1. The fourth-order valence-electron chi connectivity index (χ4n) is 9.22. The van der Waals surface area contributed by atoms with Gasteiger partial charge in [-0.3, -0.25) is 0 Å². The van der Waals surface area contributed by atoms with Gasteiger partial charge in [0, 0.05) is 58.2 Å². The third kappa shape index (κ3) is 13.0. The first-order valence-corrected chi connectivity index (χ1v) is 25.2. The van der Waals surface area contributed by atoms with Gasteiger partial charge in [0.15, 0.2) is 0 Å². The number of hydrogen-bond donors (Lipinski definition) is 0. The summed E-state index contributed by atoms with van der Waals surface area (Å²) < 4.78 is 51.1. The van der Waals surface area contributed by atoms with E-state index in [4.69, 9.17) is 18.9 Å². The van der Waals surface area contributed by atoms with Crippen molar-refractivity contribution >= 4 is 34.1 Å². The van der Waals surface area contributed by atoms with E-state index in [1.165, 1.54) is 61.1 Å². The monoisotopic (exact) mass is 921 g/mol. The number of nitrogens with zero attached hydrogens (tertiary/aromatic N) is 2. The van der Waals surface area contributed by atoms with E-state index >= 15 is 0 Å². The quantitative estimate of drug-likeness (QED) is 0.0480. The Balaban J connectivity index is 0.869. The zero-order chi connectivity index (χ0) is 47.0. The van der Waals surface area contributed by atoms with Gasteiger partial charge < -0.3 is 28.7 Å². The molecule has 2 aliphatic heterocycles. The lowest BCUT2D eigenvalue weighted by molar-refractivity contribution is -0.150. The number of benzene rings is 6. The molecular weight excluding hydrogens is 851 g/mol. The van der Waals surface area contributed by atoms with Crippen LogP contribution in [0.5, 0.6) is 0 Å². The van der Waals surface area contributed by atoms with E-state index < -0.39 is 0 Å². The largest absolute Gasteiger partial charge is 0.381 e. The molecule has 0 atom stereocenters. The molecule has 6 aromatic rings. The molecule has 0 unspecified atom stereocenters. The van der Waals surface area contributed by atoms with Gasteiger partial charge in [0.1, 0.15) is 11.6 Å². The van der Waals surface area contributed by atoms with E-state index in [1.807, 2.05) is 24.3 Å². The lowest BCUT2D eigenvalue weighted by atomic mass is 9.84. The smallest absolute Gasteiger partial charge is 0.123 e. The molecule has 2 saturated heterocycles. The molecule has 0 amide bonds. The lowest BCUT2D eigenvalue weighted by Crippen LogP contribution is -2.45. The van der Waals surface area contributed by atoms with Crippen LogP contribution in [0.2, 0.25) is 0 Å². The zero-order valence-electron chi connectivity index (χ0n) is 40.3. The van der Waals surface area contributed by atoms with E-state index in [1.54, 1.807) is 0 Å². The molecule has 2 fully saturated rings. The third-order valence-corrected chi connectivity index (χ3v) is 14.1. The van der Waals surface area contributed by atoms with E-state index in [9.17, 15) is 8.78 Å². The minimum absolute atomic E-state index is 0.254. The standard InChI is InChI=1S/C60H70F2N2O4/c1-3-59(43-67-44-59)41-65-39-11-7-5-9-13-47-15-27-53(28-16-47)63(57-35-23-51(61)24-36-57)55-31-19-49(20-32-55)50-21-33-56(34-22-50)64(58-37-25-52(62)26-38-58)54-29-17-48(18-30-54)14-10-6-8-12-40-66-42-60(4-2)45-68-46-60/h15-38H,3-14,39-46H2,1-2H3. The fraction of sp³-hybridized carbons (Fsp3) is 0.400. The average molecular weight is 921 g/mol. The van der Waals surface area contributed by atoms with Crippen molar-refractivity contribution in [2.24, 2.45) is 10.8 Å². The second kappa shape index (κ2) is 24.3. The normalized spacial score (nSPS) is 14.8. The molecule has 8 rings (SSSR count). The number of ether oxygens (including phenoxy) is 4. The van der Waals surface area contributed by atoms with Crippen LogP contribution in [0.15, 0.2) is 146 Å². The van der Waals surface area contributed by atoms with E-state index in [0.29, 0.717) is 0 Å². The van der Waals surface area contributed by atoms with Crippen LogP contribution in [-0.2, 0) is 31.8 Å². The van der Waals surface area contributed by atoms with Crippen LogP contribution >= 0.6 is 0 Å². The van der Waals surface area contributed by atoms with Crippen molar-refractivity contribution in [2.75, 3.05) is 62.7 Å². The van der Waals surface area contributed by atoms with E-state index in [0.717, 1.165) is 149 Å². The molecule has 0 radical (unpaired) electrons. The zero-order valence-corrected chi connectivity index (χ0v) is 40.3. The molecule has 68 heavy (non-hydrogen) atoms. The van der Waals surface area contributed by atoms with Gasteiger partial charge in [-0.2, -0.15) is 0 Å². The molecule has 0 spiro atoms. The Morgan fingerprint density at radius 3 is 0.985 bits per heavy atom. The molecule has 6 nitrogen and oxygen atoms in total. The highest BCUT2D eigenvalue weighted by Crippen LogP contribution is 2.39. The lowest BCUT2D eigenvalue weighted by Gasteiger charge is -2.40. The number of aryl methyl sites for hydroxylation is 2. The van der Waals surface area contributed by atoms with Gasteiger partial charge in [-0.25, -0.2) is 8.78 Å². The second-order valence-electron chi connectivity index (χ2n) is 19.2. The maximum absolute atomic E-state index is 14.1. The predicted octanol–water partition coefficient (Wildman–Crippen LogP) is 15.7. The van der Waals surface area contributed by atoms with Crippen LogP contribution in [0.1, 0.15) is 89.2 Å². The molecule has 0 saturated carbocycles. The van der Waals surface area contributed by atoms with Crippen molar-refractivity contribution in [3.8, 4) is 11.1 Å². The Hall–Kier alpha value is -5.38. The van der Waals surface area contributed by atoms with Gasteiger partial charge in [0.25, 0.3) is 0 Å². The summed E-state index contributed by atoms with van der Waals surface area (Å²) in [6.07, 6.45) is 13.5. The fourth-order valence-corrected chi connectivity index (χ4v) is 9.22.